The van der Waals surface area contributed by atoms with E-state index in [-0.39, 0.29) is 5.41 Å². The lowest BCUT2D eigenvalue weighted by atomic mass is 9.86. The zero-order valence-corrected chi connectivity index (χ0v) is 11.2. The fourth-order valence-electron chi connectivity index (χ4n) is 1.66. The highest BCUT2D eigenvalue weighted by atomic mass is 15.1. The summed E-state index contributed by atoms with van der Waals surface area (Å²) in [5.41, 5.74) is 8.22. The zero-order valence-electron chi connectivity index (χ0n) is 11.2. The van der Waals surface area contributed by atoms with E-state index in [2.05, 4.69) is 44.1 Å². The van der Waals surface area contributed by atoms with Crippen molar-refractivity contribution < 1.29 is 0 Å². The molecule has 0 spiro atoms. The molecular weight excluding hydrogens is 210 g/mol. The van der Waals surface area contributed by atoms with E-state index in [1.165, 1.54) is 5.56 Å². The van der Waals surface area contributed by atoms with Crippen LogP contribution in [0.15, 0.2) is 29.3 Å². The van der Waals surface area contributed by atoms with Gasteiger partial charge in [0.05, 0.1) is 0 Å². The van der Waals surface area contributed by atoms with Crippen LogP contribution in [0.1, 0.15) is 39.7 Å². The molecule has 0 saturated heterocycles. The average molecular weight is 233 g/mol. The average Bonchev–Trinajstić information content (AvgIpc) is 2.25. The predicted molar refractivity (Wildman–Crippen MR) is 75.5 cm³/mol. The normalized spacial score (nSPS) is 12.6. The largest absolute Gasteiger partial charge is 0.370 e. The van der Waals surface area contributed by atoms with Crippen molar-refractivity contribution in [2.45, 2.75) is 39.5 Å². The van der Waals surface area contributed by atoms with Gasteiger partial charge in [0.2, 0.25) is 0 Å². The molecular formula is C14H23N3. The SMILES string of the molecule is CCCN=C(N)Nc1ccccc1C(C)(C)C. The summed E-state index contributed by atoms with van der Waals surface area (Å²) in [6, 6.07) is 8.21. The molecule has 3 N–H and O–H groups in total. The summed E-state index contributed by atoms with van der Waals surface area (Å²) in [5, 5.41) is 3.18. The number of aliphatic imine (C=N–C) groups is 1. The summed E-state index contributed by atoms with van der Waals surface area (Å²) in [6.45, 7) is 9.41. The summed E-state index contributed by atoms with van der Waals surface area (Å²) in [7, 11) is 0. The Bertz CT molecular complexity index is 389. The molecule has 0 unspecified atom stereocenters. The summed E-state index contributed by atoms with van der Waals surface area (Å²) in [5.74, 6) is 0.489. The number of guanidine groups is 1. The van der Waals surface area contributed by atoms with Gasteiger partial charge in [-0.3, -0.25) is 4.99 Å². The van der Waals surface area contributed by atoms with Crippen molar-refractivity contribution in [3.05, 3.63) is 29.8 Å². The number of rotatable bonds is 3. The maximum Gasteiger partial charge on any atom is 0.193 e. The Kier molecular flexibility index (Phi) is 4.55. The van der Waals surface area contributed by atoms with Crippen LogP contribution in [0.2, 0.25) is 0 Å². The van der Waals surface area contributed by atoms with Crippen LogP contribution in [0.3, 0.4) is 0 Å². The number of hydrogen-bond acceptors (Lipinski definition) is 1. The number of hydrogen-bond donors (Lipinski definition) is 2. The minimum Gasteiger partial charge on any atom is -0.370 e. The van der Waals surface area contributed by atoms with Gasteiger partial charge in [-0.15, -0.1) is 0 Å². The maximum absolute atomic E-state index is 5.84. The molecule has 17 heavy (non-hydrogen) atoms. The van der Waals surface area contributed by atoms with Gasteiger partial charge >= 0.3 is 0 Å². The Labute approximate surface area is 104 Å². The summed E-state index contributed by atoms with van der Waals surface area (Å²) in [6.07, 6.45) is 1.00. The first-order valence-corrected chi connectivity index (χ1v) is 6.11. The molecule has 0 atom stereocenters. The molecule has 0 aliphatic carbocycles. The number of benzene rings is 1. The second kappa shape index (κ2) is 5.71. The second-order valence-corrected chi connectivity index (χ2v) is 5.19. The fourth-order valence-corrected chi connectivity index (χ4v) is 1.66. The molecule has 94 valence electrons. The number of nitrogens with two attached hydrogens (primary N) is 1. The number of nitrogens with zero attached hydrogens (tertiary/aromatic N) is 1. The summed E-state index contributed by atoms with van der Waals surface area (Å²) >= 11 is 0. The van der Waals surface area contributed by atoms with Gasteiger partial charge in [-0.1, -0.05) is 45.9 Å². The van der Waals surface area contributed by atoms with Gasteiger partial charge in [-0.25, -0.2) is 0 Å². The Morgan fingerprint density at radius 2 is 1.94 bits per heavy atom. The molecule has 0 saturated carbocycles. The molecule has 0 heterocycles. The molecule has 3 heteroatoms. The maximum atomic E-state index is 5.84. The molecule has 1 aromatic rings. The van der Waals surface area contributed by atoms with Crippen LogP contribution in [0, 0.1) is 0 Å². The van der Waals surface area contributed by atoms with Crippen LogP contribution in [-0.4, -0.2) is 12.5 Å². The van der Waals surface area contributed by atoms with Gasteiger partial charge in [0.25, 0.3) is 0 Å². The first-order chi connectivity index (χ1) is 7.95. The van der Waals surface area contributed by atoms with Crippen LogP contribution in [0.5, 0.6) is 0 Å². The molecule has 3 nitrogen and oxygen atoms in total. The van der Waals surface area contributed by atoms with Gasteiger partial charge in [-0.2, -0.15) is 0 Å². The number of anilines is 1. The van der Waals surface area contributed by atoms with Crippen LogP contribution in [0.25, 0.3) is 0 Å². The first kappa shape index (κ1) is 13.6. The second-order valence-electron chi connectivity index (χ2n) is 5.19. The molecule has 0 aromatic heterocycles. The van der Waals surface area contributed by atoms with E-state index < -0.39 is 0 Å². The molecule has 0 amide bonds. The topological polar surface area (TPSA) is 50.4 Å². The van der Waals surface area contributed by atoms with Crippen molar-refractivity contribution >= 4 is 11.6 Å². The van der Waals surface area contributed by atoms with Crippen molar-refractivity contribution in [3.63, 3.8) is 0 Å². The lowest BCUT2D eigenvalue weighted by molar-refractivity contribution is 0.592. The first-order valence-electron chi connectivity index (χ1n) is 6.11. The van der Waals surface area contributed by atoms with E-state index in [1.807, 2.05) is 18.2 Å². The van der Waals surface area contributed by atoms with Gasteiger partial charge < -0.3 is 11.1 Å². The highest BCUT2D eigenvalue weighted by molar-refractivity contribution is 5.93. The van der Waals surface area contributed by atoms with E-state index in [4.69, 9.17) is 5.73 Å². The van der Waals surface area contributed by atoms with Crippen molar-refractivity contribution in [1.82, 2.24) is 0 Å². The molecule has 0 fully saturated rings. The Balaban J connectivity index is 2.92. The highest BCUT2D eigenvalue weighted by Crippen LogP contribution is 2.28. The molecule has 0 aliphatic heterocycles. The minimum atomic E-state index is 0.0919. The van der Waals surface area contributed by atoms with Crippen LogP contribution >= 0.6 is 0 Å². The van der Waals surface area contributed by atoms with E-state index in [1.54, 1.807) is 0 Å². The van der Waals surface area contributed by atoms with E-state index in [9.17, 15) is 0 Å². The number of para-hydroxylation sites is 1. The smallest absolute Gasteiger partial charge is 0.193 e. The quantitative estimate of drug-likeness (QED) is 0.622. The summed E-state index contributed by atoms with van der Waals surface area (Å²) in [4.78, 5) is 4.24. The minimum absolute atomic E-state index is 0.0919. The van der Waals surface area contributed by atoms with Gasteiger partial charge in [0.15, 0.2) is 5.96 Å². The lowest BCUT2D eigenvalue weighted by Crippen LogP contribution is -2.25. The molecule has 1 aromatic carbocycles. The standard InChI is InChI=1S/C14H23N3/c1-5-10-16-13(15)17-12-9-7-6-8-11(12)14(2,3)4/h6-9H,5,10H2,1-4H3,(H3,15,16,17). The molecule has 1 rings (SSSR count). The lowest BCUT2D eigenvalue weighted by Gasteiger charge is -2.23. The Morgan fingerprint density at radius 1 is 1.29 bits per heavy atom. The van der Waals surface area contributed by atoms with Crippen LogP contribution in [-0.2, 0) is 5.41 Å². The predicted octanol–water partition coefficient (Wildman–Crippen LogP) is 3.12. The van der Waals surface area contributed by atoms with Gasteiger partial charge in [0.1, 0.15) is 0 Å². The monoisotopic (exact) mass is 233 g/mol. The van der Waals surface area contributed by atoms with Crippen molar-refractivity contribution in [2.75, 3.05) is 11.9 Å². The molecule has 0 bridgehead atoms. The summed E-state index contributed by atoms with van der Waals surface area (Å²) < 4.78 is 0. The third-order valence-corrected chi connectivity index (χ3v) is 2.50. The highest BCUT2D eigenvalue weighted by Gasteiger charge is 2.17. The third-order valence-electron chi connectivity index (χ3n) is 2.50. The van der Waals surface area contributed by atoms with Crippen molar-refractivity contribution in [2.24, 2.45) is 10.7 Å². The van der Waals surface area contributed by atoms with Crippen molar-refractivity contribution in [3.8, 4) is 0 Å². The Morgan fingerprint density at radius 3 is 2.53 bits per heavy atom. The fraction of sp³-hybridized carbons (Fsp3) is 0.500. The molecule has 0 radical (unpaired) electrons. The van der Waals surface area contributed by atoms with Gasteiger partial charge in [0, 0.05) is 12.2 Å². The third kappa shape index (κ3) is 4.10. The number of nitrogens with one attached hydrogen (secondary N) is 1. The van der Waals surface area contributed by atoms with E-state index in [0.717, 1.165) is 18.7 Å². The van der Waals surface area contributed by atoms with Crippen molar-refractivity contribution in [1.29, 1.82) is 0 Å². The Hall–Kier alpha value is -1.51. The van der Waals surface area contributed by atoms with Gasteiger partial charge in [-0.05, 0) is 23.5 Å². The zero-order chi connectivity index (χ0) is 12.9. The van der Waals surface area contributed by atoms with Crippen LogP contribution in [0.4, 0.5) is 5.69 Å². The molecule has 0 aliphatic rings. The van der Waals surface area contributed by atoms with Crippen LogP contribution < -0.4 is 11.1 Å². The van der Waals surface area contributed by atoms with E-state index in [0.29, 0.717) is 5.96 Å². The van der Waals surface area contributed by atoms with E-state index >= 15 is 0 Å².